The lowest BCUT2D eigenvalue weighted by Gasteiger charge is -2.14. The molecule has 0 aliphatic heterocycles. The van der Waals surface area contributed by atoms with E-state index in [1.807, 2.05) is 56.3 Å². The van der Waals surface area contributed by atoms with Gasteiger partial charge in [0.1, 0.15) is 0 Å². The highest BCUT2D eigenvalue weighted by Crippen LogP contribution is 2.33. The van der Waals surface area contributed by atoms with Gasteiger partial charge in [-0.05, 0) is 94.4 Å². The lowest BCUT2D eigenvalue weighted by molar-refractivity contribution is -0.139. The topological polar surface area (TPSA) is 118 Å². The molecular formula is C30H33IN4O5. The van der Waals surface area contributed by atoms with Gasteiger partial charge < -0.3 is 20.1 Å². The minimum Gasteiger partial charge on any atom is -0.493 e. The Bertz CT molecular complexity index is 1400. The van der Waals surface area contributed by atoms with Crippen molar-refractivity contribution in [3.05, 3.63) is 86.0 Å². The van der Waals surface area contributed by atoms with Crippen LogP contribution in [0, 0.1) is 17.4 Å². The molecule has 0 aliphatic carbocycles. The fourth-order valence-corrected chi connectivity index (χ4v) is 4.39. The van der Waals surface area contributed by atoms with Gasteiger partial charge in [0.2, 0.25) is 0 Å². The van der Waals surface area contributed by atoms with E-state index in [0.29, 0.717) is 32.2 Å². The summed E-state index contributed by atoms with van der Waals surface area (Å²) < 4.78 is 11.8. The van der Waals surface area contributed by atoms with Gasteiger partial charge in [0.25, 0.3) is 5.91 Å². The van der Waals surface area contributed by atoms with Crippen LogP contribution in [0.5, 0.6) is 11.5 Å². The third-order valence-electron chi connectivity index (χ3n) is 6.08. The Kier molecular flexibility index (Phi) is 11.1. The second kappa shape index (κ2) is 14.5. The highest BCUT2D eigenvalue weighted by atomic mass is 127. The third-order valence-corrected chi connectivity index (χ3v) is 6.88. The summed E-state index contributed by atoms with van der Waals surface area (Å²) in [6.45, 7) is 8.22. The maximum absolute atomic E-state index is 12.4. The molecular weight excluding hydrogens is 623 g/mol. The zero-order valence-electron chi connectivity index (χ0n) is 23.1. The number of halogens is 1. The normalized spacial score (nSPS) is 10.9. The number of aryl methyl sites for hydroxylation is 2. The number of rotatable bonds is 10. The van der Waals surface area contributed by atoms with Gasteiger partial charge >= 0.3 is 11.8 Å². The van der Waals surface area contributed by atoms with Crippen molar-refractivity contribution < 1.29 is 23.9 Å². The summed E-state index contributed by atoms with van der Waals surface area (Å²) in [5, 5.41) is 9.28. The molecule has 0 unspecified atom stereocenters. The first kappa shape index (κ1) is 30.6. The predicted molar refractivity (Wildman–Crippen MR) is 164 cm³/mol. The number of amides is 3. The van der Waals surface area contributed by atoms with E-state index in [1.165, 1.54) is 18.9 Å². The third kappa shape index (κ3) is 8.80. The molecule has 0 heterocycles. The van der Waals surface area contributed by atoms with Gasteiger partial charge in [-0.25, -0.2) is 5.43 Å². The molecule has 0 saturated carbocycles. The van der Waals surface area contributed by atoms with Crippen LogP contribution in [-0.2, 0) is 20.9 Å². The summed E-state index contributed by atoms with van der Waals surface area (Å²) in [7, 11) is 1.48. The van der Waals surface area contributed by atoms with Gasteiger partial charge in [0.05, 0.1) is 16.9 Å². The number of carbonyl (C=O) groups excluding carboxylic acids is 3. The predicted octanol–water partition coefficient (Wildman–Crippen LogP) is 4.82. The largest absolute Gasteiger partial charge is 0.493 e. The molecule has 0 radical (unpaired) electrons. The van der Waals surface area contributed by atoms with Crippen LogP contribution in [0.15, 0.2) is 59.7 Å². The average Bonchev–Trinajstić information content (AvgIpc) is 2.93. The maximum Gasteiger partial charge on any atom is 0.329 e. The standard InChI is InChI=1S/C30H33IN4O5/c1-18(2)23-9-7-21(8-10-23)15-32-29(37)30(38)35-33-16-22-13-25(31)28(26(14-22)39-5)40-17-27(36)34-24-11-6-19(3)20(4)12-24/h6-14,16,18H,15,17H2,1-5H3,(H,32,37)(H,34,36)(H,35,38)/b33-16-. The Balaban J connectivity index is 1.53. The maximum atomic E-state index is 12.4. The van der Waals surface area contributed by atoms with E-state index >= 15 is 0 Å². The lowest BCUT2D eigenvalue weighted by Crippen LogP contribution is -2.37. The number of methoxy groups -OCH3 is 1. The van der Waals surface area contributed by atoms with Crippen LogP contribution >= 0.6 is 22.6 Å². The van der Waals surface area contributed by atoms with E-state index in [-0.39, 0.29) is 19.1 Å². The highest BCUT2D eigenvalue weighted by molar-refractivity contribution is 14.1. The SMILES string of the molecule is COc1cc(/C=N\NC(=O)C(=O)NCc2ccc(C(C)C)cc2)cc(I)c1OCC(=O)Nc1ccc(C)c(C)c1. The molecule has 10 heteroatoms. The van der Waals surface area contributed by atoms with Gasteiger partial charge in [-0.1, -0.05) is 44.2 Å². The second-order valence-electron chi connectivity index (χ2n) is 9.45. The molecule has 0 saturated heterocycles. The summed E-state index contributed by atoms with van der Waals surface area (Å²) >= 11 is 2.06. The smallest absolute Gasteiger partial charge is 0.329 e. The molecule has 3 aromatic carbocycles. The van der Waals surface area contributed by atoms with Gasteiger partial charge in [0.15, 0.2) is 18.1 Å². The van der Waals surface area contributed by atoms with Crippen molar-refractivity contribution in [1.29, 1.82) is 0 Å². The molecule has 0 atom stereocenters. The van der Waals surface area contributed by atoms with Gasteiger partial charge in [-0.2, -0.15) is 5.10 Å². The van der Waals surface area contributed by atoms with Crippen LogP contribution in [0.1, 0.15) is 47.6 Å². The summed E-state index contributed by atoms with van der Waals surface area (Å²) in [5.41, 5.74) is 7.83. The van der Waals surface area contributed by atoms with Crippen LogP contribution in [-0.4, -0.2) is 37.7 Å². The Hall–Kier alpha value is -3.93. The fourth-order valence-electron chi connectivity index (χ4n) is 3.61. The van der Waals surface area contributed by atoms with Crippen LogP contribution in [0.3, 0.4) is 0 Å². The molecule has 0 spiro atoms. The van der Waals surface area contributed by atoms with Crippen molar-refractivity contribution in [3.8, 4) is 11.5 Å². The zero-order chi connectivity index (χ0) is 29.2. The number of anilines is 1. The Morgan fingerprint density at radius 2 is 1.70 bits per heavy atom. The van der Waals surface area contributed by atoms with E-state index in [9.17, 15) is 14.4 Å². The quantitative estimate of drug-likeness (QED) is 0.125. The first-order valence-corrected chi connectivity index (χ1v) is 13.7. The molecule has 0 aromatic heterocycles. The van der Waals surface area contributed by atoms with Crippen molar-refractivity contribution in [2.75, 3.05) is 19.0 Å². The van der Waals surface area contributed by atoms with Crippen LogP contribution in [0.4, 0.5) is 5.69 Å². The molecule has 0 bridgehead atoms. The number of hydrazone groups is 1. The number of nitrogens with one attached hydrogen (secondary N) is 3. The Morgan fingerprint density at radius 1 is 0.975 bits per heavy atom. The van der Waals surface area contributed by atoms with Crippen molar-refractivity contribution in [2.45, 2.75) is 40.2 Å². The fraction of sp³-hybridized carbons (Fsp3) is 0.267. The lowest BCUT2D eigenvalue weighted by atomic mass is 10.0. The molecule has 3 aromatic rings. The van der Waals surface area contributed by atoms with Gasteiger partial charge in [0, 0.05) is 12.2 Å². The molecule has 3 amide bonds. The van der Waals surface area contributed by atoms with Crippen molar-refractivity contribution >= 4 is 52.2 Å². The Morgan fingerprint density at radius 3 is 2.35 bits per heavy atom. The number of hydrogen-bond acceptors (Lipinski definition) is 6. The average molecular weight is 657 g/mol. The van der Waals surface area contributed by atoms with E-state index in [2.05, 4.69) is 57.6 Å². The summed E-state index contributed by atoms with van der Waals surface area (Å²) in [5.74, 6) is -0.772. The molecule has 3 N–H and O–H groups in total. The highest BCUT2D eigenvalue weighted by Gasteiger charge is 2.15. The number of nitrogens with zero attached hydrogens (tertiary/aromatic N) is 1. The number of benzene rings is 3. The van der Waals surface area contributed by atoms with Crippen molar-refractivity contribution in [3.63, 3.8) is 0 Å². The molecule has 0 aliphatic rings. The zero-order valence-corrected chi connectivity index (χ0v) is 25.3. The van der Waals surface area contributed by atoms with Crippen LogP contribution in [0.2, 0.25) is 0 Å². The summed E-state index contributed by atoms with van der Waals surface area (Å²) in [6.07, 6.45) is 1.39. The van der Waals surface area contributed by atoms with Crippen molar-refractivity contribution in [2.24, 2.45) is 5.10 Å². The number of ether oxygens (including phenoxy) is 2. The van der Waals surface area contributed by atoms with Gasteiger partial charge in [-0.15, -0.1) is 0 Å². The van der Waals surface area contributed by atoms with E-state index in [0.717, 1.165) is 16.7 Å². The Labute approximate surface area is 247 Å². The van der Waals surface area contributed by atoms with Crippen molar-refractivity contribution in [1.82, 2.24) is 10.7 Å². The molecule has 9 nitrogen and oxygen atoms in total. The molecule has 0 fully saturated rings. The molecule has 40 heavy (non-hydrogen) atoms. The number of hydrogen-bond donors (Lipinski definition) is 3. The van der Waals surface area contributed by atoms with E-state index in [4.69, 9.17) is 9.47 Å². The van der Waals surface area contributed by atoms with Gasteiger partial charge in [-0.3, -0.25) is 14.4 Å². The summed E-state index contributed by atoms with van der Waals surface area (Å²) in [4.78, 5) is 36.7. The van der Waals surface area contributed by atoms with Crippen LogP contribution in [0.25, 0.3) is 0 Å². The second-order valence-corrected chi connectivity index (χ2v) is 10.6. The van der Waals surface area contributed by atoms with Crippen LogP contribution < -0.4 is 25.5 Å². The number of carbonyl (C=O) groups is 3. The minimum atomic E-state index is -0.883. The van der Waals surface area contributed by atoms with E-state index < -0.39 is 11.8 Å². The summed E-state index contributed by atoms with van der Waals surface area (Å²) in [6, 6.07) is 16.9. The first-order chi connectivity index (χ1) is 19.1. The first-order valence-electron chi connectivity index (χ1n) is 12.6. The molecule has 3 rings (SSSR count). The van der Waals surface area contributed by atoms with E-state index in [1.54, 1.807) is 12.1 Å². The monoisotopic (exact) mass is 656 g/mol. The molecule has 210 valence electrons. The minimum absolute atomic E-state index is 0.209.